The summed E-state index contributed by atoms with van der Waals surface area (Å²) in [7, 11) is 0. The predicted octanol–water partition coefficient (Wildman–Crippen LogP) is 2.02. The molecule has 0 aliphatic heterocycles. The number of hydrogen-bond donors (Lipinski definition) is 2. The van der Waals surface area contributed by atoms with Crippen molar-refractivity contribution >= 4 is 17.4 Å². The van der Waals surface area contributed by atoms with Gasteiger partial charge in [-0.15, -0.1) is 0 Å². The van der Waals surface area contributed by atoms with Gasteiger partial charge in [0.2, 0.25) is 5.78 Å². The Morgan fingerprint density at radius 2 is 1.50 bits per heavy atom. The minimum absolute atomic E-state index is 0.522. The second-order valence-corrected chi connectivity index (χ2v) is 3.96. The van der Waals surface area contributed by atoms with E-state index in [1.165, 1.54) is 18.2 Å². The summed E-state index contributed by atoms with van der Waals surface area (Å²) in [6.07, 6.45) is -5.83. The molecule has 18 heavy (non-hydrogen) atoms. The van der Waals surface area contributed by atoms with Gasteiger partial charge in [0.1, 0.15) is 0 Å². The number of carbonyl (C=O) groups is 1. The third-order valence-corrected chi connectivity index (χ3v) is 2.59. The van der Waals surface area contributed by atoms with Gasteiger partial charge in [-0.25, -0.2) is 4.39 Å². The smallest absolute Gasteiger partial charge is 0.355 e. The van der Waals surface area contributed by atoms with E-state index in [-0.39, 0.29) is 0 Å². The number of hydrogen-bond acceptors (Lipinski definition) is 3. The number of rotatable bonds is 3. The number of carbonyl (C=O) groups excluding carboxylic acids is 1. The second kappa shape index (κ2) is 4.49. The van der Waals surface area contributed by atoms with Crippen LogP contribution in [-0.2, 0) is 0 Å². The normalized spacial score (nSPS) is 16.2. The van der Waals surface area contributed by atoms with E-state index in [1.54, 1.807) is 0 Å². The van der Waals surface area contributed by atoms with Gasteiger partial charge in [-0.05, 0) is 0 Å². The highest BCUT2D eigenvalue weighted by Gasteiger charge is 2.70. The Morgan fingerprint density at radius 1 is 1.06 bits per heavy atom. The molecule has 1 unspecified atom stereocenters. The average Bonchev–Trinajstić information content (AvgIpc) is 2.27. The molecule has 0 bridgehead atoms. The van der Waals surface area contributed by atoms with Crippen molar-refractivity contribution in [2.45, 2.75) is 17.1 Å². The zero-order chi connectivity index (χ0) is 14.2. The number of halogens is 5. The summed E-state index contributed by atoms with van der Waals surface area (Å²) in [6, 6.07) is 5.92. The van der Waals surface area contributed by atoms with Crippen molar-refractivity contribution in [3.63, 3.8) is 0 Å². The van der Waals surface area contributed by atoms with Crippen LogP contribution in [-0.4, -0.2) is 33.1 Å². The molecule has 1 atom stereocenters. The Morgan fingerprint density at radius 3 is 1.89 bits per heavy atom. The standard InChI is InChI=1S/C10H7ClF4O3/c11-8(12,9(17,18)10(13,14)15)7(16)6-4-2-1-3-5-6/h1-5,17-18H. The maximum absolute atomic E-state index is 13.6. The lowest BCUT2D eigenvalue weighted by atomic mass is 10.00. The SMILES string of the molecule is O=C(c1ccccc1)C(F)(Cl)C(O)(O)C(F)(F)F. The zero-order valence-corrected chi connectivity index (χ0v) is 9.34. The summed E-state index contributed by atoms with van der Waals surface area (Å²) < 4.78 is 50.3. The molecule has 0 radical (unpaired) electrons. The van der Waals surface area contributed by atoms with Crippen LogP contribution in [0.3, 0.4) is 0 Å². The first-order valence-electron chi connectivity index (χ1n) is 4.51. The third-order valence-electron chi connectivity index (χ3n) is 2.15. The van der Waals surface area contributed by atoms with Gasteiger partial charge in [-0.1, -0.05) is 41.9 Å². The van der Waals surface area contributed by atoms with Crippen LogP contribution in [0.5, 0.6) is 0 Å². The van der Waals surface area contributed by atoms with E-state index in [0.717, 1.165) is 12.1 Å². The van der Waals surface area contributed by atoms with Crippen molar-refractivity contribution in [2.24, 2.45) is 0 Å². The predicted molar refractivity (Wildman–Crippen MR) is 53.7 cm³/mol. The van der Waals surface area contributed by atoms with Crippen molar-refractivity contribution in [2.75, 3.05) is 0 Å². The summed E-state index contributed by atoms with van der Waals surface area (Å²) in [4.78, 5) is 11.4. The fourth-order valence-corrected chi connectivity index (χ4v) is 1.32. The summed E-state index contributed by atoms with van der Waals surface area (Å²) >= 11 is 4.76. The number of alkyl halides is 5. The van der Waals surface area contributed by atoms with Crippen LogP contribution < -0.4 is 0 Å². The molecule has 0 saturated heterocycles. The van der Waals surface area contributed by atoms with Crippen molar-refractivity contribution in [1.29, 1.82) is 0 Å². The maximum atomic E-state index is 13.6. The summed E-state index contributed by atoms with van der Waals surface area (Å²) in [5, 5.41) is 13.0. The molecule has 2 N–H and O–H groups in total. The van der Waals surface area contributed by atoms with Crippen molar-refractivity contribution in [3.8, 4) is 0 Å². The zero-order valence-electron chi connectivity index (χ0n) is 8.58. The van der Waals surface area contributed by atoms with Crippen LogP contribution in [0.15, 0.2) is 30.3 Å². The molecule has 0 heterocycles. The third kappa shape index (κ3) is 2.33. The molecule has 8 heteroatoms. The quantitative estimate of drug-likeness (QED) is 0.387. The highest BCUT2D eigenvalue weighted by Crippen LogP contribution is 2.43. The lowest BCUT2D eigenvalue weighted by molar-refractivity contribution is -0.369. The van der Waals surface area contributed by atoms with Gasteiger partial charge in [0.05, 0.1) is 0 Å². The van der Waals surface area contributed by atoms with E-state index >= 15 is 0 Å². The first kappa shape index (κ1) is 14.9. The average molecular weight is 287 g/mol. The Balaban J connectivity index is 3.19. The number of ketones is 1. The lowest BCUT2D eigenvalue weighted by Gasteiger charge is -2.32. The van der Waals surface area contributed by atoms with Gasteiger partial charge in [-0.3, -0.25) is 4.79 Å². The molecule has 3 nitrogen and oxygen atoms in total. The van der Waals surface area contributed by atoms with E-state index in [9.17, 15) is 22.4 Å². The molecule has 1 aromatic carbocycles. The lowest BCUT2D eigenvalue weighted by Crippen LogP contribution is -2.61. The topological polar surface area (TPSA) is 57.5 Å². The molecule has 0 spiro atoms. The van der Waals surface area contributed by atoms with Gasteiger partial charge in [0, 0.05) is 5.56 Å². The first-order chi connectivity index (χ1) is 8.02. The Hall–Kier alpha value is -1.18. The van der Waals surface area contributed by atoms with Crippen LogP contribution in [0.2, 0.25) is 0 Å². The summed E-state index contributed by atoms with van der Waals surface area (Å²) in [6.45, 7) is 0. The molecular weight excluding hydrogens is 280 g/mol. The number of benzene rings is 1. The Bertz CT molecular complexity index is 442. The van der Waals surface area contributed by atoms with Crippen molar-refractivity contribution in [3.05, 3.63) is 35.9 Å². The minimum atomic E-state index is -5.83. The number of Topliss-reactive ketones (excluding diaryl/α,β-unsaturated/α-hetero) is 1. The highest BCUT2D eigenvalue weighted by atomic mass is 35.5. The fraction of sp³-hybridized carbons (Fsp3) is 0.300. The monoisotopic (exact) mass is 286 g/mol. The van der Waals surface area contributed by atoms with Gasteiger partial charge >= 0.3 is 17.1 Å². The molecule has 0 aliphatic rings. The van der Waals surface area contributed by atoms with Gasteiger partial charge < -0.3 is 10.2 Å². The maximum Gasteiger partial charge on any atom is 0.448 e. The van der Waals surface area contributed by atoms with E-state index in [4.69, 9.17) is 21.8 Å². The van der Waals surface area contributed by atoms with Crippen LogP contribution in [0, 0.1) is 0 Å². The van der Waals surface area contributed by atoms with Crippen LogP contribution >= 0.6 is 11.6 Å². The Kier molecular flexibility index (Phi) is 3.71. The largest absolute Gasteiger partial charge is 0.448 e. The summed E-state index contributed by atoms with van der Waals surface area (Å²) in [5.41, 5.74) is -0.522. The van der Waals surface area contributed by atoms with Crippen molar-refractivity contribution < 1.29 is 32.6 Å². The summed E-state index contributed by atoms with van der Waals surface area (Å²) in [5.74, 6) is -6.89. The highest BCUT2D eigenvalue weighted by molar-refractivity contribution is 6.37. The molecule has 100 valence electrons. The van der Waals surface area contributed by atoms with Crippen LogP contribution in [0.25, 0.3) is 0 Å². The van der Waals surface area contributed by atoms with E-state index in [1.807, 2.05) is 0 Å². The molecule has 0 aliphatic carbocycles. The molecule has 1 aromatic rings. The van der Waals surface area contributed by atoms with Crippen LogP contribution in [0.1, 0.15) is 10.4 Å². The number of aliphatic hydroxyl groups is 2. The van der Waals surface area contributed by atoms with Gasteiger partial charge in [0.25, 0.3) is 0 Å². The molecule has 1 rings (SSSR count). The van der Waals surface area contributed by atoms with E-state index < -0.39 is 28.4 Å². The molecular formula is C10H7ClF4O3. The van der Waals surface area contributed by atoms with Crippen molar-refractivity contribution in [1.82, 2.24) is 0 Å². The Labute approximate surface area is 104 Å². The van der Waals surface area contributed by atoms with E-state index in [2.05, 4.69) is 0 Å². The molecule has 0 saturated carbocycles. The van der Waals surface area contributed by atoms with Gasteiger partial charge in [-0.2, -0.15) is 13.2 Å². The minimum Gasteiger partial charge on any atom is -0.355 e. The molecule has 0 amide bonds. The van der Waals surface area contributed by atoms with Crippen LogP contribution in [0.4, 0.5) is 17.6 Å². The molecule has 0 fully saturated rings. The van der Waals surface area contributed by atoms with E-state index in [0.29, 0.717) is 0 Å². The first-order valence-corrected chi connectivity index (χ1v) is 4.88. The van der Waals surface area contributed by atoms with Gasteiger partial charge in [0.15, 0.2) is 0 Å². The fourth-order valence-electron chi connectivity index (χ4n) is 1.11. The molecule has 0 aromatic heterocycles. The second-order valence-electron chi connectivity index (χ2n) is 3.44.